The first kappa shape index (κ1) is 12.2. The minimum atomic E-state index is -2.94. The van der Waals surface area contributed by atoms with Crippen LogP contribution in [0, 0.1) is 0 Å². The van der Waals surface area contributed by atoms with Crippen molar-refractivity contribution in [2.24, 2.45) is 0 Å². The molecule has 0 N–H and O–H groups in total. The van der Waals surface area contributed by atoms with Crippen LogP contribution in [0.4, 0.5) is 0 Å². The van der Waals surface area contributed by atoms with Crippen molar-refractivity contribution in [3.8, 4) is 0 Å². The lowest BCUT2D eigenvalue weighted by atomic mass is 10.3. The Hall–Kier alpha value is 0.150. The molecule has 0 aromatic heterocycles. The molecule has 0 rings (SSSR count). The molecule has 1 atom stereocenters. The van der Waals surface area contributed by atoms with E-state index in [0.717, 1.165) is 0 Å². The molecule has 0 spiro atoms. The quantitative estimate of drug-likeness (QED) is 0.648. The van der Waals surface area contributed by atoms with Gasteiger partial charge in [0.1, 0.15) is 0 Å². The average Bonchev–Trinajstić information content (AvgIpc) is 1.83. The smallest absolute Gasteiger partial charge is 0.312 e. The van der Waals surface area contributed by atoms with Crippen molar-refractivity contribution >= 4 is 7.60 Å². The highest BCUT2D eigenvalue weighted by Gasteiger charge is 2.39. The van der Waals surface area contributed by atoms with Gasteiger partial charge < -0.3 is 9.05 Å². The monoisotopic (exact) mass is 194 g/mol. The summed E-state index contributed by atoms with van der Waals surface area (Å²) in [6.07, 6.45) is -0.0741. The molecular weight excluding hydrogens is 175 g/mol. The van der Waals surface area contributed by atoms with Crippen LogP contribution in [0.5, 0.6) is 0 Å². The second-order valence-corrected chi connectivity index (χ2v) is 6.92. The van der Waals surface area contributed by atoms with Gasteiger partial charge in [0.25, 0.3) is 0 Å². The van der Waals surface area contributed by atoms with Gasteiger partial charge in [0.15, 0.2) is 0 Å². The fourth-order valence-corrected chi connectivity index (χ4v) is 2.26. The van der Waals surface area contributed by atoms with Crippen LogP contribution in [0.2, 0.25) is 0 Å². The van der Waals surface area contributed by atoms with Crippen LogP contribution >= 0.6 is 7.60 Å². The SMILES string of the molecule is COP(=O)(OC(C)C)C(C)(C)C. The van der Waals surface area contributed by atoms with E-state index in [0.29, 0.717) is 0 Å². The Bertz CT molecular complexity index is 181. The summed E-state index contributed by atoms with van der Waals surface area (Å²) < 4.78 is 22.2. The van der Waals surface area contributed by atoms with Gasteiger partial charge in [-0.1, -0.05) is 0 Å². The number of hydrogen-bond donors (Lipinski definition) is 0. The summed E-state index contributed by atoms with van der Waals surface area (Å²) in [6, 6.07) is 0. The van der Waals surface area contributed by atoms with Gasteiger partial charge in [-0.3, -0.25) is 4.57 Å². The third-order valence-electron chi connectivity index (χ3n) is 1.41. The van der Waals surface area contributed by atoms with Crippen LogP contribution in [0.25, 0.3) is 0 Å². The average molecular weight is 194 g/mol. The van der Waals surface area contributed by atoms with Crippen LogP contribution in [-0.4, -0.2) is 18.4 Å². The van der Waals surface area contributed by atoms with Crippen molar-refractivity contribution in [1.29, 1.82) is 0 Å². The van der Waals surface area contributed by atoms with E-state index in [4.69, 9.17) is 9.05 Å². The number of rotatable bonds is 3. The molecule has 0 saturated carbocycles. The molecule has 12 heavy (non-hydrogen) atoms. The van der Waals surface area contributed by atoms with E-state index in [1.807, 2.05) is 34.6 Å². The normalized spacial score (nSPS) is 17.9. The molecule has 0 aromatic rings. The van der Waals surface area contributed by atoms with Gasteiger partial charge in [-0.2, -0.15) is 0 Å². The van der Waals surface area contributed by atoms with Crippen molar-refractivity contribution in [2.45, 2.75) is 45.9 Å². The standard InChI is InChI=1S/C8H19O3P/c1-7(2)11-12(9,10-6)8(3,4)5/h7H,1-6H3. The molecule has 0 aliphatic carbocycles. The Morgan fingerprint density at radius 1 is 1.25 bits per heavy atom. The summed E-state index contributed by atoms with van der Waals surface area (Å²) >= 11 is 0. The van der Waals surface area contributed by atoms with Crippen molar-refractivity contribution in [1.82, 2.24) is 0 Å². The summed E-state index contributed by atoms with van der Waals surface area (Å²) in [5.74, 6) is 0. The van der Waals surface area contributed by atoms with Crippen molar-refractivity contribution in [2.75, 3.05) is 7.11 Å². The molecule has 0 bridgehead atoms. The molecule has 3 nitrogen and oxygen atoms in total. The highest BCUT2D eigenvalue weighted by molar-refractivity contribution is 7.55. The largest absolute Gasteiger partial charge is 0.335 e. The molecule has 0 fully saturated rings. The lowest BCUT2D eigenvalue weighted by Gasteiger charge is -2.29. The number of hydrogen-bond acceptors (Lipinski definition) is 3. The lowest BCUT2D eigenvalue weighted by molar-refractivity contribution is 0.174. The minimum Gasteiger partial charge on any atom is -0.312 e. The predicted molar refractivity (Wildman–Crippen MR) is 50.6 cm³/mol. The first-order valence-corrected chi connectivity index (χ1v) is 5.61. The molecular formula is C8H19O3P. The Labute approximate surface area is 75.0 Å². The van der Waals surface area contributed by atoms with E-state index >= 15 is 0 Å². The molecule has 0 radical (unpaired) electrons. The Balaban J connectivity index is 4.59. The lowest BCUT2D eigenvalue weighted by Crippen LogP contribution is -2.20. The molecule has 0 aromatic carbocycles. The summed E-state index contributed by atoms with van der Waals surface area (Å²) in [7, 11) is -1.52. The van der Waals surface area contributed by atoms with Gasteiger partial charge in [-0.25, -0.2) is 0 Å². The van der Waals surface area contributed by atoms with Gasteiger partial charge >= 0.3 is 7.60 Å². The first-order valence-electron chi connectivity index (χ1n) is 4.07. The van der Waals surface area contributed by atoms with Gasteiger partial charge in [-0.15, -0.1) is 0 Å². The van der Waals surface area contributed by atoms with Crippen LogP contribution < -0.4 is 0 Å². The molecule has 0 amide bonds. The molecule has 1 unspecified atom stereocenters. The van der Waals surface area contributed by atoms with Crippen molar-refractivity contribution in [3.63, 3.8) is 0 Å². The Morgan fingerprint density at radius 3 is 1.75 bits per heavy atom. The maximum Gasteiger partial charge on any atom is 0.335 e. The van der Waals surface area contributed by atoms with Crippen molar-refractivity contribution < 1.29 is 13.6 Å². The zero-order chi connectivity index (χ0) is 9.99. The van der Waals surface area contributed by atoms with Gasteiger partial charge in [0, 0.05) is 7.11 Å². The van der Waals surface area contributed by atoms with E-state index < -0.39 is 12.8 Å². The summed E-state index contributed by atoms with van der Waals surface area (Å²) in [5.41, 5.74) is 0. The predicted octanol–water partition coefficient (Wildman–Crippen LogP) is 3.05. The molecule has 0 aliphatic rings. The van der Waals surface area contributed by atoms with Gasteiger partial charge in [0.05, 0.1) is 11.3 Å². The summed E-state index contributed by atoms with van der Waals surface area (Å²) in [6.45, 7) is 9.23. The van der Waals surface area contributed by atoms with E-state index in [1.54, 1.807) is 0 Å². The zero-order valence-corrected chi connectivity index (χ0v) is 9.64. The Kier molecular flexibility index (Phi) is 3.95. The van der Waals surface area contributed by atoms with E-state index in [9.17, 15) is 4.57 Å². The minimum absolute atomic E-state index is 0.0741. The van der Waals surface area contributed by atoms with Crippen LogP contribution in [-0.2, 0) is 13.6 Å². The topological polar surface area (TPSA) is 35.5 Å². The third kappa shape index (κ3) is 2.89. The first-order chi connectivity index (χ1) is 5.23. The van der Waals surface area contributed by atoms with E-state index in [1.165, 1.54) is 7.11 Å². The molecule has 0 heterocycles. The summed E-state index contributed by atoms with van der Waals surface area (Å²) in [5, 5.41) is -0.452. The van der Waals surface area contributed by atoms with Crippen LogP contribution in [0.3, 0.4) is 0 Å². The van der Waals surface area contributed by atoms with E-state index in [-0.39, 0.29) is 6.10 Å². The maximum atomic E-state index is 12.0. The van der Waals surface area contributed by atoms with Crippen LogP contribution in [0.15, 0.2) is 0 Å². The second-order valence-electron chi connectivity index (χ2n) is 4.01. The highest BCUT2D eigenvalue weighted by atomic mass is 31.2. The maximum absolute atomic E-state index is 12.0. The molecule has 74 valence electrons. The molecule has 0 aliphatic heterocycles. The fraction of sp³-hybridized carbons (Fsp3) is 1.00. The molecule has 4 heteroatoms. The Morgan fingerprint density at radius 2 is 1.67 bits per heavy atom. The van der Waals surface area contributed by atoms with E-state index in [2.05, 4.69) is 0 Å². The van der Waals surface area contributed by atoms with Crippen LogP contribution in [0.1, 0.15) is 34.6 Å². The summed E-state index contributed by atoms with van der Waals surface area (Å²) in [4.78, 5) is 0. The highest BCUT2D eigenvalue weighted by Crippen LogP contribution is 2.59. The second kappa shape index (κ2) is 3.91. The third-order valence-corrected chi connectivity index (χ3v) is 4.23. The van der Waals surface area contributed by atoms with Gasteiger partial charge in [0.2, 0.25) is 0 Å². The fourth-order valence-electron chi connectivity index (χ4n) is 0.753. The van der Waals surface area contributed by atoms with Crippen molar-refractivity contribution in [3.05, 3.63) is 0 Å². The molecule has 0 saturated heterocycles. The zero-order valence-electron chi connectivity index (χ0n) is 8.75. The van der Waals surface area contributed by atoms with Gasteiger partial charge in [-0.05, 0) is 34.6 Å².